The zero-order valence-electron chi connectivity index (χ0n) is 7.09. The molecule has 1 aromatic rings. The first-order valence-corrected chi connectivity index (χ1v) is 4.26. The minimum absolute atomic E-state index is 0.221. The molecule has 0 bridgehead atoms. The van der Waals surface area contributed by atoms with Crippen molar-refractivity contribution in [3.05, 3.63) is 35.1 Å². The van der Waals surface area contributed by atoms with Gasteiger partial charge in [-0.1, -0.05) is 12.1 Å². The van der Waals surface area contributed by atoms with E-state index in [1.165, 1.54) is 6.07 Å². The van der Waals surface area contributed by atoms with Gasteiger partial charge in [0.05, 0.1) is 5.92 Å². The van der Waals surface area contributed by atoms with Crippen LogP contribution in [0, 0.1) is 5.82 Å². The van der Waals surface area contributed by atoms with E-state index >= 15 is 0 Å². The fraction of sp³-hybridized carbons (Fsp3) is 0.300. The summed E-state index contributed by atoms with van der Waals surface area (Å²) in [4.78, 5) is 11.0. The van der Waals surface area contributed by atoms with Crippen LogP contribution >= 0.6 is 0 Å². The molecular formula is C10H10FNO. The van der Waals surface area contributed by atoms with E-state index in [1.807, 2.05) is 0 Å². The van der Waals surface area contributed by atoms with Crippen molar-refractivity contribution in [2.24, 2.45) is 5.73 Å². The second-order valence-corrected chi connectivity index (χ2v) is 3.30. The standard InChI is InChI=1S/C10H10FNO/c11-9-3-1-2-6-7(9)4-5-8(6)10(12)13/h1-3,8H,4-5H2,(H2,12,13). The molecule has 2 rings (SSSR count). The van der Waals surface area contributed by atoms with Crippen LogP contribution in [-0.4, -0.2) is 5.91 Å². The summed E-state index contributed by atoms with van der Waals surface area (Å²) >= 11 is 0. The van der Waals surface area contributed by atoms with Gasteiger partial charge in [-0.25, -0.2) is 4.39 Å². The third kappa shape index (κ3) is 1.20. The number of hydrogen-bond donors (Lipinski definition) is 1. The maximum atomic E-state index is 13.2. The molecule has 0 saturated heterocycles. The summed E-state index contributed by atoms with van der Waals surface area (Å²) in [5, 5.41) is 0. The minimum atomic E-state index is -0.357. The first-order valence-electron chi connectivity index (χ1n) is 4.26. The monoisotopic (exact) mass is 179 g/mol. The number of hydrogen-bond acceptors (Lipinski definition) is 1. The van der Waals surface area contributed by atoms with Gasteiger partial charge < -0.3 is 5.73 Å². The molecule has 0 fully saturated rings. The Labute approximate surface area is 75.6 Å². The van der Waals surface area contributed by atoms with Crippen LogP contribution < -0.4 is 5.73 Å². The Hall–Kier alpha value is -1.38. The molecule has 1 aliphatic rings. The van der Waals surface area contributed by atoms with Gasteiger partial charge in [-0.05, 0) is 30.0 Å². The van der Waals surface area contributed by atoms with Gasteiger partial charge >= 0.3 is 0 Å². The molecule has 2 N–H and O–H groups in total. The number of halogens is 1. The first kappa shape index (κ1) is 8.23. The third-order valence-corrected chi connectivity index (χ3v) is 2.56. The number of rotatable bonds is 1. The molecule has 1 aromatic carbocycles. The minimum Gasteiger partial charge on any atom is -0.369 e. The molecule has 0 heterocycles. The van der Waals surface area contributed by atoms with Crippen molar-refractivity contribution in [2.45, 2.75) is 18.8 Å². The number of benzene rings is 1. The number of fused-ring (bicyclic) bond motifs is 1. The van der Waals surface area contributed by atoms with Gasteiger partial charge in [-0.2, -0.15) is 0 Å². The summed E-state index contributed by atoms with van der Waals surface area (Å²) in [7, 11) is 0. The van der Waals surface area contributed by atoms with Crippen molar-refractivity contribution in [1.29, 1.82) is 0 Å². The van der Waals surface area contributed by atoms with Gasteiger partial charge in [-0.3, -0.25) is 4.79 Å². The first-order chi connectivity index (χ1) is 6.20. The van der Waals surface area contributed by atoms with Crippen molar-refractivity contribution in [2.75, 3.05) is 0 Å². The molecule has 0 spiro atoms. The smallest absolute Gasteiger partial charge is 0.224 e. The van der Waals surface area contributed by atoms with E-state index < -0.39 is 0 Å². The fourth-order valence-electron chi connectivity index (χ4n) is 1.91. The average molecular weight is 179 g/mol. The lowest BCUT2D eigenvalue weighted by Crippen LogP contribution is -2.19. The molecule has 68 valence electrons. The van der Waals surface area contributed by atoms with E-state index in [0.717, 1.165) is 5.56 Å². The molecule has 2 nitrogen and oxygen atoms in total. The molecular weight excluding hydrogens is 169 g/mol. The van der Waals surface area contributed by atoms with Gasteiger partial charge in [0.25, 0.3) is 0 Å². The maximum absolute atomic E-state index is 13.2. The average Bonchev–Trinajstić information content (AvgIpc) is 2.48. The zero-order valence-corrected chi connectivity index (χ0v) is 7.09. The second-order valence-electron chi connectivity index (χ2n) is 3.30. The Morgan fingerprint density at radius 1 is 1.54 bits per heavy atom. The van der Waals surface area contributed by atoms with Gasteiger partial charge in [0.15, 0.2) is 0 Å². The topological polar surface area (TPSA) is 43.1 Å². The molecule has 0 aromatic heterocycles. The zero-order chi connectivity index (χ0) is 9.42. The highest BCUT2D eigenvalue weighted by molar-refractivity contribution is 5.83. The molecule has 13 heavy (non-hydrogen) atoms. The Morgan fingerprint density at radius 3 is 3.00 bits per heavy atom. The summed E-state index contributed by atoms with van der Waals surface area (Å²) in [5.74, 6) is -0.865. The summed E-state index contributed by atoms with van der Waals surface area (Å²) in [6.45, 7) is 0. The van der Waals surface area contributed by atoms with Crippen LogP contribution in [0.15, 0.2) is 18.2 Å². The molecule has 0 saturated carbocycles. The normalized spacial score (nSPS) is 19.9. The van der Waals surface area contributed by atoms with Gasteiger partial charge in [-0.15, -0.1) is 0 Å². The predicted octanol–water partition coefficient (Wildman–Crippen LogP) is 1.34. The van der Waals surface area contributed by atoms with Gasteiger partial charge in [0.2, 0.25) is 5.91 Å². The Morgan fingerprint density at radius 2 is 2.31 bits per heavy atom. The van der Waals surface area contributed by atoms with Crippen LogP contribution in [-0.2, 0) is 11.2 Å². The Bertz CT molecular complexity index is 362. The quantitative estimate of drug-likeness (QED) is 0.694. The van der Waals surface area contributed by atoms with E-state index in [1.54, 1.807) is 12.1 Å². The van der Waals surface area contributed by atoms with Crippen molar-refractivity contribution in [3.8, 4) is 0 Å². The largest absolute Gasteiger partial charge is 0.369 e. The van der Waals surface area contributed by atoms with Crippen LogP contribution in [0.1, 0.15) is 23.5 Å². The highest BCUT2D eigenvalue weighted by atomic mass is 19.1. The van der Waals surface area contributed by atoms with E-state index in [0.29, 0.717) is 18.4 Å². The van der Waals surface area contributed by atoms with Crippen LogP contribution in [0.4, 0.5) is 4.39 Å². The lowest BCUT2D eigenvalue weighted by atomic mass is 10.0. The van der Waals surface area contributed by atoms with Gasteiger partial charge in [0.1, 0.15) is 5.82 Å². The van der Waals surface area contributed by atoms with Crippen LogP contribution in [0.3, 0.4) is 0 Å². The number of nitrogens with two attached hydrogens (primary N) is 1. The summed E-state index contributed by atoms with van der Waals surface area (Å²) in [6.07, 6.45) is 1.27. The van der Waals surface area contributed by atoms with Gasteiger partial charge in [0, 0.05) is 0 Å². The molecule has 1 unspecified atom stereocenters. The van der Waals surface area contributed by atoms with Crippen molar-refractivity contribution in [1.82, 2.24) is 0 Å². The molecule has 0 aliphatic heterocycles. The number of primary amides is 1. The second kappa shape index (κ2) is 2.83. The van der Waals surface area contributed by atoms with E-state index in [-0.39, 0.29) is 17.6 Å². The van der Waals surface area contributed by atoms with Crippen LogP contribution in [0.5, 0.6) is 0 Å². The van der Waals surface area contributed by atoms with Crippen LogP contribution in [0.25, 0.3) is 0 Å². The highest BCUT2D eigenvalue weighted by Crippen LogP contribution is 2.33. The van der Waals surface area contributed by atoms with Crippen LogP contribution in [0.2, 0.25) is 0 Å². The predicted molar refractivity (Wildman–Crippen MR) is 46.7 cm³/mol. The number of carbonyl (C=O) groups is 1. The molecule has 1 atom stereocenters. The number of carbonyl (C=O) groups excluding carboxylic acids is 1. The van der Waals surface area contributed by atoms with Crippen molar-refractivity contribution in [3.63, 3.8) is 0 Å². The third-order valence-electron chi connectivity index (χ3n) is 2.56. The van der Waals surface area contributed by atoms with E-state index in [2.05, 4.69) is 0 Å². The molecule has 3 heteroatoms. The fourth-order valence-corrected chi connectivity index (χ4v) is 1.91. The van der Waals surface area contributed by atoms with E-state index in [4.69, 9.17) is 5.73 Å². The van der Waals surface area contributed by atoms with E-state index in [9.17, 15) is 9.18 Å². The Kier molecular flexibility index (Phi) is 1.79. The highest BCUT2D eigenvalue weighted by Gasteiger charge is 2.28. The maximum Gasteiger partial charge on any atom is 0.224 e. The lowest BCUT2D eigenvalue weighted by Gasteiger charge is -2.05. The Balaban J connectivity index is 2.49. The summed E-state index contributed by atoms with van der Waals surface area (Å²) < 4.78 is 13.2. The summed E-state index contributed by atoms with van der Waals surface area (Å²) in [5.41, 5.74) is 6.63. The van der Waals surface area contributed by atoms with Crippen molar-refractivity contribution >= 4 is 5.91 Å². The van der Waals surface area contributed by atoms with Crippen molar-refractivity contribution < 1.29 is 9.18 Å². The number of amides is 1. The molecule has 0 radical (unpaired) electrons. The SMILES string of the molecule is NC(=O)C1CCc2c(F)cccc21. The molecule has 1 aliphatic carbocycles. The lowest BCUT2D eigenvalue weighted by molar-refractivity contribution is -0.119. The molecule has 1 amide bonds. The summed E-state index contributed by atoms with van der Waals surface area (Å²) in [6, 6.07) is 4.82.